The topological polar surface area (TPSA) is 80.5 Å². The summed E-state index contributed by atoms with van der Waals surface area (Å²) >= 11 is 1.67. The summed E-state index contributed by atoms with van der Waals surface area (Å²) in [6.45, 7) is 10.3. The number of morpholine rings is 1. The van der Waals surface area contributed by atoms with Crippen LogP contribution in [-0.4, -0.2) is 56.8 Å². The summed E-state index contributed by atoms with van der Waals surface area (Å²) in [6.07, 6.45) is 5.86. The van der Waals surface area contributed by atoms with Crippen molar-refractivity contribution in [3.8, 4) is 21.8 Å². The average molecular weight is 557 g/mol. The number of aromatic nitrogens is 3. The first-order chi connectivity index (χ1) is 19.4. The van der Waals surface area contributed by atoms with Gasteiger partial charge in [-0.05, 0) is 68.0 Å². The van der Waals surface area contributed by atoms with Gasteiger partial charge in [0, 0.05) is 18.5 Å². The summed E-state index contributed by atoms with van der Waals surface area (Å²) in [5, 5.41) is 12.7. The number of fused-ring (bicyclic) bond motifs is 1. The smallest absolute Gasteiger partial charge is 0.242 e. The molecule has 0 unspecified atom stereocenters. The zero-order valence-electron chi connectivity index (χ0n) is 23.3. The van der Waals surface area contributed by atoms with Crippen LogP contribution in [0.5, 0.6) is 0 Å². The number of carbonyl (C=O) groups is 1. The number of aliphatic hydroxyl groups is 1. The molecule has 1 saturated heterocycles. The van der Waals surface area contributed by atoms with Gasteiger partial charge < -0.3 is 19.3 Å². The van der Waals surface area contributed by atoms with E-state index in [2.05, 4.69) is 48.0 Å². The molecule has 3 aromatic heterocycles. The second kappa shape index (κ2) is 11.2. The summed E-state index contributed by atoms with van der Waals surface area (Å²) in [7, 11) is 0. The molecule has 0 bridgehead atoms. The van der Waals surface area contributed by atoms with Gasteiger partial charge in [0.05, 0.1) is 51.4 Å². The van der Waals surface area contributed by atoms with Crippen LogP contribution >= 0.6 is 11.3 Å². The third kappa shape index (κ3) is 5.18. The minimum Gasteiger partial charge on any atom is -0.506 e. The SMILES string of the molecule is C=C(O)c1cc(C2CCCCC2)c(-c2ccc3nc(-c4sc(C)nc4C)ccc3c2)n1CC(=O)N1CCOCC1. The van der Waals surface area contributed by atoms with Gasteiger partial charge in [0.25, 0.3) is 0 Å². The number of amides is 1. The van der Waals surface area contributed by atoms with Crippen molar-refractivity contribution in [3.05, 3.63) is 64.9 Å². The fourth-order valence-corrected chi connectivity index (χ4v) is 7.13. The van der Waals surface area contributed by atoms with E-state index in [0.29, 0.717) is 37.9 Å². The van der Waals surface area contributed by atoms with Gasteiger partial charge in [0.1, 0.15) is 12.3 Å². The molecule has 0 atom stereocenters. The lowest BCUT2D eigenvalue weighted by Gasteiger charge is -2.28. The van der Waals surface area contributed by atoms with E-state index in [4.69, 9.17) is 9.72 Å². The lowest BCUT2D eigenvalue weighted by atomic mass is 9.83. The van der Waals surface area contributed by atoms with Crippen molar-refractivity contribution in [2.24, 2.45) is 0 Å². The summed E-state index contributed by atoms with van der Waals surface area (Å²) in [5.41, 5.74) is 6.68. The lowest BCUT2D eigenvalue weighted by Crippen LogP contribution is -2.42. The van der Waals surface area contributed by atoms with E-state index in [1.165, 1.54) is 24.8 Å². The van der Waals surface area contributed by atoms with Crippen LogP contribution in [-0.2, 0) is 16.1 Å². The largest absolute Gasteiger partial charge is 0.506 e. The van der Waals surface area contributed by atoms with E-state index in [9.17, 15) is 9.90 Å². The molecule has 208 valence electrons. The number of nitrogens with zero attached hydrogens (tertiary/aromatic N) is 4. The molecule has 6 rings (SSSR count). The standard InChI is InChI=1S/C32H36N4O3S/c1-20-32(40-22(3)33-20)28-12-9-24-17-25(10-11-27(24)34-28)31-26(23-7-5-4-6-8-23)18-29(21(2)37)36(31)19-30(38)35-13-15-39-16-14-35/h9-12,17-18,23,37H,2,4-8,13-16,19H2,1,3H3. The highest BCUT2D eigenvalue weighted by molar-refractivity contribution is 7.15. The lowest BCUT2D eigenvalue weighted by molar-refractivity contribution is -0.135. The number of carbonyl (C=O) groups excluding carboxylic acids is 1. The number of pyridine rings is 1. The Labute approximate surface area is 239 Å². The number of ether oxygens (including phenoxy) is 1. The fourth-order valence-electron chi connectivity index (χ4n) is 6.24. The summed E-state index contributed by atoms with van der Waals surface area (Å²) in [4.78, 5) is 25.9. The maximum absolute atomic E-state index is 13.4. The van der Waals surface area contributed by atoms with Crippen LogP contribution in [0.1, 0.15) is 60.0 Å². The summed E-state index contributed by atoms with van der Waals surface area (Å²) in [5.74, 6) is 0.399. The van der Waals surface area contributed by atoms with E-state index in [1.807, 2.05) is 23.3 Å². The fraction of sp³-hybridized carbons (Fsp3) is 0.406. The highest BCUT2D eigenvalue weighted by Crippen LogP contribution is 2.42. The third-order valence-electron chi connectivity index (χ3n) is 8.22. The third-order valence-corrected chi connectivity index (χ3v) is 9.32. The van der Waals surface area contributed by atoms with Gasteiger partial charge >= 0.3 is 0 Å². The van der Waals surface area contributed by atoms with Gasteiger partial charge in [-0.1, -0.05) is 38.0 Å². The van der Waals surface area contributed by atoms with Gasteiger partial charge in [0.2, 0.25) is 5.91 Å². The molecule has 1 aliphatic carbocycles. The Morgan fingerprint density at radius 3 is 2.55 bits per heavy atom. The van der Waals surface area contributed by atoms with Crippen molar-refractivity contribution in [1.29, 1.82) is 0 Å². The van der Waals surface area contributed by atoms with Crippen LogP contribution in [0.25, 0.3) is 38.5 Å². The number of hydrogen-bond donors (Lipinski definition) is 1. The molecular weight excluding hydrogens is 520 g/mol. The molecule has 8 heteroatoms. The van der Waals surface area contributed by atoms with Gasteiger partial charge in [-0.25, -0.2) is 9.97 Å². The van der Waals surface area contributed by atoms with Crippen molar-refractivity contribution in [2.45, 2.75) is 58.4 Å². The quantitative estimate of drug-likeness (QED) is 0.262. The molecule has 4 heterocycles. The second-order valence-electron chi connectivity index (χ2n) is 10.9. The number of rotatable bonds is 6. The molecule has 0 spiro atoms. The molecule has 1 aromatic carbocycles. The monoisotopic (exact) mass is 556 g/mol. The Bertz CT molecular complexity index is 1570. The zero-order chi connectivity index (χ0) is 27.8. The molecule has 7 nitrogen and oxygen atoms in total. The van der Waals surface area contributed by atoms with Gasteiger partial charge in [-0.2, -0.15) is 0 Å². The number of thiazole rings is 1. The molecule has 2 fully saturated rings. The Balaban J connectivity index is 1.45. The summed E-state index contributed by atoms with van der Waals surface area (Å²) < 4.78 is 7.44. The average Bonchev–Trinajstić information content (AvgIpc) is 3.52. The van der Waals surface area contributed by atoms with Crippen molar-refractivity contribution < 1.29 is 14.6 Å². The normalized spacial score (nSPS) is 16.5. The molecule has 4 aromatic rings. The van der Waals surface area contributed by atoms with Crippen LogP contribution in [0.2, 0.25) is 0 Å². The molecule has 0 radical (unpaired) electrons. The molecular formula is C32H36N4O3S. The van der Waals surface area contributed by atoms with Crippen molar-refractivity contribution in [3.63, 3.8) is 0 Å². The Morgan fingerprint density at radius 1 is 1.07 bits per heavy atom. The maximum Gasteiger partial charge on any atom is 0.242 e. The molecule has 1 saturated carbocycles. The minimum atomic E-state index is -0.0135. The Kier molecular flexibility index (Phi) is 7.47. The first-order valence-corrected chi connectivity index (χ1v) is 15.0. The van der Waals surface area contributed by atoms with Crippen molar-refractivity contribution in [2.75, 3.05) is 26.3 Å². The maximum atomic E-state index is 13.4. The van der Waals surface area contributed by atoms with E-state index >= 15 is 0 Å². The molecule has 1 N–H and O–H groups in total. The van der Waals surface area contributed by atoms with E-state index < -0.39 is 0 Å². The van der Waals surface area contributed by atoms with E-state index in [-0.39, 0.29) is 18.2 Å². The van der Waals surface area contributed by atoms with Gasteiger partial charge in [-0.15, -0.1) is 11.3 Å². The first-order valence-electron chi connectivity index (χ1n) is 14.2. The van der Waals surface area contributed by atoms with Crippen LogP contribution in [0.4, 0.5) is 0 Å². The minimum absolute atomic E-state index is 0.0135. The van der Waals surface area contributed by atoms with Gasteiger partial charge in [-0.3, -0.25) is 4.79 Å². The number of benzene rings is 1. The van der Waals surface area contributed by atoms with Crippen molar-refractivity contribution >= 4 is 33.9 Å². The number of hydrogen-bond acceptors (Lipinski definition) is 6. The molecule has 40 heavy (non-hydrogen) atoms. The van der Waals surface area contributed by atoms with Crippen LogP contribution in [0.15, 0.2) is 43.0 Å². The number of aliphatic hydroxyl groups excluding tert-OH is 1. The van der Waals surface area contributed by atoms with E-state index in [0.717, 1.165) is 56.3 Å². The highest BCUT2D eigenvalue weighted by Gasteiger charge is 2.28. The zero-order valence-corrected chi connectivity index (χ0v) is 24.1. The summed E-state index contributed by atoms with van der Waals surface area (Å²) in [6, 6.07) is 12.6. The first kappa shape index (κ1) is 26.7. The Morgan fingerprint density at radius 2 is 1.85 bits per heavy atom. The predicted octanol–water partition coefficient (Wildman–Crippen LogP) is 6.88. The van der Waals surface area contributed by atoms with Gasteiger partial charge in [0.15, 0.2) is 0 Å². The molecule has 1 amide bonds. The second-order valence-corrected chi connectivity index (χ2v) is 12.1. The molecule has 1 aliphatic heterocycles. The van der Waals surface area contributed by atoms with Crippen molar-refractivity contribution in [1.82, 2.24) is 19.4 Å². The van der Waals surface area contributed by atoms with Crippen LogP contribution < -0.4 is 0 Å². The molecule has 2 aliphatic rings. The Hall–Kier alpha value is -3.49. The van der Waals surface area contributed by atoms with Crippen LogP contribution in [0, 0.1) is 13.8 Å². The van der Waals surface area contributed by atoms with E-state index in [1.54, 1.807) is 11.3 Å². The highest BCUT2D eigenvalue weighted by atomic mass is 32.1. The predicted molar refractivity (Wildman–Crippen MR) is 161 cm³/mol. The number of aryl methyl sites for hydroxylation is 2. The van der Waals surface area contributed by atoms with Crippen LogP contribution in [0.3, 0.4) is 0 Å².